The second-order valence-electron chi connectivity index (χ2n) is 5.02. The van der Waals surface area contributed by atoms with Crippen LogP contribution in [-0.4, -0.2) is 16.0 Å². The zero-order chi connectivity index (χ0) is 16.2. The number of aryl methyl sites for hydroxylation is 1. The zero-order valence-electron chi connectivity index (χ0n) is 12.4. The third kappa shape index (κ3) is 3.57. The highest BCUT2D eigenvalue weighted by molar-refractivity contribution is 6.31. The van der Waals surface area contributed by atoms with E-state index < -0.39 is 0 Å². The van der Waals surface area contributed by atoms with Gasteiger partial charge in [0.1, 0.15) is 0 Å². The van der Waals surface area contributed by atoms with E-state index in [4.69, 9.17) is 16.1 Å². The molecular weight excluding hydrogens is 314 g/mol. The van der Waals surface area contributed by atoms with E-state index in [9.17, 15) is 4.79 Å². The van der Waals surface area contributed by atoms with Crippen molar-refractivity contribution in [1.29, 1.82) is 0 Å². The fourth-order valence-electron chi connectivity index (χ4n) is 2.02. The summed E-state index contributed by atoms with van der Waals surface area (Å²) in [6.07, 6.45) is 0. The van der Waals surface area contributed by atoms with E-state index in [0.717, 1.165) is 11.1 Å². The third-order valence-corrected chi connectivity index (χ3v) is 3.74. The average Bonchev–Trinajstić information content (AvgIpc) is 3.05. The molecule has 3 aromatic rings. The Morgan fingerprint density at radius 3 is 2.74 bits per heavy atom. The van der Waals surface area contributed by atoms with Gasteiger partial charge in [-0.2, -0.15) is 4.98 Å². The van der Waals surface area contributed by atoms with Crippen molar-refractivity contribution in [3.63, 3.8) is 0 Å². The lowest BCUT2D eigenvalue weighted by atomic mass is 10.1. The van der Waals surface area contributed by atoms with Crippen LogP contribution in [0, 0.1) is 6.92 Å². The number of hydrogen-bond donors (Lipinski definition) is 1. The molecule has 2 aromatic carbocycles. The number of benzene rings is 2. The first-order chi connectivity index (χ1) is 11.1. The fourth-order valence-corrected chi connectivity index (χ4v) is 2.20. The van der Waals surface area contributed by atoms with Gasteiger partial charge >= 0.3 is 0 Å². The highest BCUT2D eigenvalue weighted by atomic mass is 35.5. The number of nitrogens with one attached hydrogen (secondary N) is 1. The van der Waals surface area contributed by atoms with Crippen molar-refractivity contribution in [1.82, 2.24) is 15.5 Å². The van der Waals surface area contributed by atoms with Gasteiger partial charge in [0.15, 0.2) is 0 Å². The number of hydrogen-bond acceptors (Lipinski definition) is 4. The molecule has 0 fully saturated rings. The summed E-state index contributed by atoms with van der Waals surface area (Å²) in [5.74, 6) is 0.593. The Labute approximate surface area is 138 Å². The summed E-state index contributed by atoms with van der Waals surface area (Å²) in [5.41, 5.74) is 2.27. The SMILES string of the molecule is Cc1ccc(C(=O)NCc2nc(-c3ccccc3)no2)cc1Cl. The van der Waals surface area contributed by atoms with Crippen molar-refractivity contribution in [2.75, 3.05) is 0 Å². The Bertz CT molecular complexity index is 831. The van der Waals surface area contributed by atoms with Crippen LogP contribution >= 0.6 is 11.6 Å². The van der Waals surface area contributed by atoms with Gasteiger partial charge in [-0.05, 0) is 24.6 Å². The van der Waals surface area contributed by atoms with Gasteiger partial charge in [0.25, 0.3) is 5.91 Å². The molecule has 6 heteroatoms. The van der Waals surface area contributed by atoms with Crippen LogP contribution < -0.4 is 5.32 Å². The number of carbonyl (C=O) groups excluding carboxylic acids is 1. The van der Waals surface area contributed by atoms with Crippen molar-refractivity contribution in [2.24, 2.45) is 0 Å². The van der Waals surface area contributed by atoms with Crippen LogP contribution in [0.25, 0.3) is 11.4 Å². The molecular formula is C17H14ClN3O2. The Balaban J connectivity index is 1.65. The first-order valence-corrected chi connectivity index (χ1v) is 7.43. The molecule has 0 aliphatic heterocycles. The van der Waals surface area contributed by atoms with Gasteiger partial charge in [-0.15, -0.1) is 0 Å². The van der Waals surface area contributed by atoms with E-state index in [1.54, 1.807) is 18.2 Å². The Morgan fingerprint density at radius 1 is 1.22 bits per heavy atom. The van der Waals surface area contributed by atoms with Gasteiger partial charge in [-0.25, -0.2) is 0 Å². The van der Waals surface area contributed by atoms with Crippen LogP contribution in [-0.2, 0) is 6.54 Å². The molecule has 5 nitrogen and oxygen atoms in total. The van der Waals surface area contributed by atoms with Gasteiger partial charge in [-0.1, -0.05) is 53.2 Å². The monoisotopic (exact) mass is 327 g/mol. The molecule has 1 aromatic heterocycles. The van der Waals surface area contributed by atoms with Crippen LogP contribution in [0.2, 0.25) is 5.02 Å². The molecule has 0 spiro atoms. The first kappa shape index (κ1) is 15.2. The first-order valence-electron chi connectivity index (χ1n) is 7.06. The molecule has 116 valence electrons. The van der Waals surface area contributed by atoms with E-state index in [1.807, 2.05) is 37.3 Å². The number of nitrogens with zero attached hydrogens (tertiary/aromatic N) is 2. The lowest BCUT2D eigenvalue weighted by Gasteiger charge is -2.04. The summed E-state index contributed by atoms with van der Waals surface area (Å²) < 4.78 is 5.15. The second kappa shape index (κ2) is 6.62. The molecule has 0 radical (unpaired) electrons. The lowest BCUT2D eigenvalue weighted by Crippen LogP contribution is -2.22. The third-order valence-electron chi connectivity index (χ3n) is 3.33. The summed E-state index contributed by atoms with van der Waals surface area (Å²) in [6, 6.07) is 14.6. The average molecular weight is 328 g/mol. The molecule has 0 aliphatic carbocycles. The Hall–Kier alpha value is -2.66. The lowest BCUT2D eigenvalue weighted by molar-refractivity contribution is 0.0946. The Kier molecular flexibility index (Phi) is 4.39. The van der Waals surface area contributed by atoms with Crippen molar-refractivity contribution in [2.45, 2.75) is 13.5 Å². The molecule has 0 atom stereocenters. The van der Waals surface area contributed by atoms with Crippen LogP contribution in [0.3, 0.4) is 0 Å². The molecule has 0 saturated heterocycles. The van der Waals surface area contributed by atoms with Crippen molar-refractivity contribution in [3.05, 3.63) is 70.6 Å². The number of halogens is 1. The molecule has 0 unspecified atom stereocenters. The summed E-state index contributed by atoms with van der Waals surface area (Å²) in [6.45, 7) is 2.04. The quantitative estimate of drug-likeness (QED) is 0.794. The van der Waals surface area contributed by atoms with E-state index in [1.165, 1.54) is 0 Å². The molecule has 1 N–H and O–H groups in total. The van der Waals surface area contributed by atoms with E-state index >= 15 is 0 Å². The molecule has 23 heavy (non-hydrogen) atoms. The molecule has 1 heterocycles. The van der Waals surface area contributed by atoms with Crippen LogP contribution in [0.5, 0.6) is 0 Å². The normalized spacial score (nSPS) is 10.5. The minimum atomic E-state index is -0.244. The maximum Gasteiger partial charge on any atom is 0.251 e. The van der Waals surface area contributed by atoms with Crippen LogP contribution in [0.4, 0.5) is 0 Å². The molecule has 3 rings (SSSR count). The smallest absolute Gasteiger partial charge is 0.251 e. The summed E-state index contributed by atoms with van der Waals surface area (Å²) in [7, 11) is 0. The van der Waals surface area contributed by atoms with Crippen LogP contribution in [0.15, 0.2) is 53.1 Å². The number of aromatic nitrogens is 2. The highest BCUT2D eigenvalue weighted by Gasteiger charge is 2.11. The molecule has 0 aliphatic rings. The molecule has 1 amide bonds. The van der Waals surface area contributed by atoms with Gasteiger partial charge < -0.3 is 9.84 Å². The predicted octanol–water partition coefficient (Wildman–Crippen LogP) is 3.63. The summed E-state index contributed by atoms with van der Waals surface area (Å²) >= 11 is 6.03. The van der Waals surface area contributed by atoms with E-state index in [-0.39, 0.29) is 12.5 Å². The molecule has 0 saturated carbocycles. The maximum absolute atomic E-state index is 12.1. The van der Waals surface area contributed by atoms with Gasteiger partial charge in [0.2, 0.25) is 11.7 Å². The van der Waals surface area contributed by atoms with E-state index in [0.29, 0.717) is 22.3 Å². The van der Waals surface area contributed by atoms with Crippen molar-refractivity contribution < 1.29 is 9.32 Å². The molecule has 0 bridgehead atoms. The standard InChI is InChI=1S/C17H14ClN3O2/c1-11-7-8-13(9-14(11)18)17(22)19-10-15-20-16(21-23-15)12-5-3-2-4-6-12/h2-9H,10H2,1H3,(H,19,22). The number of amides is 1. The highest BCUT2D eigenvalue weighted by Crippen LogP contribution is 2.17. The summed E-state index contributed by atoms with van der Waals surface area (Å²) in [4.78, 5) is 16.4. The Morgan fingerprint density at radius 2 is 2.00 bits per heavy atom. The van der Waals surface area contributed by atoms with Gasteiger partial charge in [0.05, 0.1) is 6.54 Å². The fraction of sp³-hybridized carbons (Fsp3) is 0.118. The predicted molar refractivity (Wildman–Crippen MR) is 87.1 cm³/mol. The zero-order valence-corrected chi connectivity index (χ0v) is 13.2. The second-order valence-corrected chi connectivity index (χ2v) is 5.43. The van der Waals surface area contributed by atoms with Crippen molar-refractivity contribution in [3.8, 4) is 11.4 Å². The largest absolute Gasteiger partial charge is 0.343 e. The topological polar surface area (TPSA) is 68.0 Å². The van der Waals surface area contributed by atoms with Crippen LogP contribution in [0.1, 0.15) is 21.8 Å². The van der Waals surface area contributed by atoms with E-state index in [2.05, 4.69) is 15.5 Å². The summed E-state index contributed by atoms with van der Waals surface area (Å²) in [5, 5.41) is 7.19. The minimum Gasteiger partial charge on any atom is -0.343 e. The number of rotatable bonds is 4. The van der Waals surface area contributed by atoms with Gasteiger partial charge in [-0.3, -0.25) is 4.79 Å². The number of carbonyl (C=O) groups is 1. The van der Waals surface area contributed by atoms with Gasteiger partial charge in [0, 0.05) is 16.1 Å². The van der Waals surface area contributed by atoms with Crippen molar-refractivity contribution >= 4 is 17.5 Å². The minimum absolute atomic E-state index is 0.157. The maximum atomic E-state index is 12.1.